The van der Waals surface area contributed by atoms with Crippen molar-refractivity contribution in [3.05, 3.63) is 17.5 Å². The van der Waals surface area contributed by atoms with Crippen LogP contribution in [0.5, 0.6) is 6.01 Å². The highest BCUT2D eigenvalue weighted by molar-refractivity contribution is 7.80. The Morgan fingerprint density at radius 1 is 1.47 bits per heavy atom. The van der Waals surface area contributed by atoms with E-state index in [2.05, 4.69) is 9.97 Å². The molecular weight excluding hydrogens is 234 g/mol. The molecule has 2 N–H and O–H groups in total. The van der Waals surface area contributed by atoms with Gasteiger partial charge in [0.2, 0.25) is 0 Å². The maximum Gasteiger partial charge on any atom is 0.317 e. The first-order valence-electron chi connectivity index (χ1n) is 5.93. The van der Waals surface area contributed by atoms with Gasteiger partial charge in [0.15, 0.2) is 0 Å². The van der Waals surface area contributed by atoms with Crippen molar-refractivity contribution in [1.29, 1.82) is 0 Å². The van der Waals surface area contributed by atoms with Crippen molar-refractivity contribution in [2.75, 3.05) is 6.61 Å². The van der Waals surface area contributed by atoms with Crippen LogP contribution in [0.25, 0.3) is 0 Å². The molecule has 4 nitrogen and oxygen atoms in total. The van der Waals surface area contributed by atoms with Gasteiger partial charge in [-0.2, -0.15) is 4.98 Å². The normalized spacial score (nSPS) is 16.1. The molecule has 1 aromatic rings. The second-order valence-electron chi connectivity index (χ2n) is 4.50. The van der Waals surface area contributed by atoms with Gasteiger partial charge in [-0.15, -0.1) is 0 Å². The van der Waals surface area contributed by atoms with E-state index in [1.165, 1.54) is 25.7 Å². The molecule has 1 aliphatic rings. The van der Waals surface area contributed by atoms with Crippen LogP contribution in [0.15, 0.2) is 6.07 Å². The zero-order valence-electron chi connectivity index (χ0n) is 9.98. The third kappa shape index (κ3) is 3.36. The molecule has 0 unspecified atom stereocenters. The number of aryl methyl sites for hydroxylation is 1. The average Bonchev–Trinajstić information content (AvgIpc) is 2.78. The summed E-state index contributed by atoms with van der Waals surface area (Å²) in [5.41, 5.74) is 6.96. The van der Waals surface area contributed by atoms with Gasteiger partial charge in [0.05, 0.1) is 6.61 Å². The molecule has 17 heavy (non-hydrogen) atoms. The van der Waals surface area contributed by atoms with Crippen LogP contribution in [-0.4, -0.2) is 21.6 Å². The number of aromatic nitrogens is 2. The Morgan fingerprint density at radius 3 is 2.82 bits per heavy atom. The lowest BCUT2D eigenvalue weighted by atomic mass is 10.1. The Bertz CT molecular complexity index is 416. The van der Waals surface area contributed by atoms with Crippen molar-refractivity contribution >= 4 is 17.2 Å². The summed E-state index contributed by atoms with van der Waals surface area (Å²) >= 11 is 4.90. The number of hydrogen-bond acceptors (Lipinski definition) is 4. The molecule has 5 heteroatoms. The van der Waals surface area contributed by atoms with Gasteiger partial charge in [-0.25, -0.2) is 4.98 Å². The molecule has 0 aliphatic heterocycles. The smallest absolute Gasteiger partial charge is 0.317 e. The topological polar surface area (TPSA) is 61.0 Å². The van der Waals surface area contributed by atoms with E-state index in [1.54, 1.807) is 6.07 Å². The monoisotopic (exact) mass is 251 g/mol. The Morgan fingerprint density at radius 2 is 2.18 bits per heavy atom. The molecular formula is C12H17N3OS. The number of ether oxygens (including phenoxy) is 1. The van der Waals surface area contributed by atoms with Crippen LogP contribution in [-0.2, 0) is 0 Å². The Kier molecular flexibility index (Phi) is 3.89. The molecule has 0 spiro atoms. The number of hydrogen-bond donors (Lipinski definition) is 1. The van der Waals surface area contributed by atoms with Gasteiger partial charge in [-0.3, -0.25) is 0 Å². The van der Waals surface area contributed by atoms with Crippen molar-refractivity contribution in [2.45, 2.75) is 32.6 Å². The molecule has 92 valence electrons. The van der Waals surface area contributed by atoms with Crippen LogP contribution >= 0.6 is 12.2 Å². The highest BCUT2D eigenvalue weighted by Gasteiger charge is 2.16. The van der Waals surface area contributed by atoms with E-state index >= 15 is 0 Å². The van der Waals surface area contributed by atoms with Gasteiger partial charge >= 0.3 is 6.01 Å². The largest absolute Gasteiger partial charge is 0.463 e. The van der Waals surface area contributed by atoms with E-state index in [9.17, 15) is 0 Å². The summed E-state index contributed by atoms with van der Waals surface area (Å²) < 4.78 is 5.62. The summed E-state index contributed by atoms with van der Waals surface area (Å²) in [6, 6.07) is 2.16. The highest BCUT2D eigenvalue weighted by atomic mass is 32.1. The molecule has 1 fully saturated rings. The molecule has 0 aromatic carbocycles. The van der Waals surface area contributed by atoms with E-state index in [-0.39, 0.29) is 4.99 Å². The summed E-state index contributed by atoms with van der Waals surface area (Å²) in [6.45, 7) is 2.58. The van der Waals surface area contributed by atoms with Crippen molar-refractivity contribution in [2.24, 2.45) is 11.7 Å². The predicted molar refractivity (Wildman–Crippen MR) is 70.1 cm³/mol. The number of rotatable bonds is 4. The zero-order chi connectivity index (χ0) is 12.3. The fourth-order valence-corrected chi connectivity index (χ4v) is 2.21. The maximum atomic E-state index is 5.62. The standard InChI is InChI=1S/C12H17N3OS/c1-8-6-10(11(13)17)15-12(14-8)16-7-9-4-2-3-5-9/h6,9H,2-5,7H2,1H3,(H2,13,17). The van der Waals surface area contributed by atoms with Gasteiger partial charge in [0.1, 0.15) is 10.7 Å². The first-order chi connectivity index (χ1) is 8.15. The Hall–Kier alpha value is -1.23. The summed E-state index contributed by atoms with van der Waals surface area (Å²) in [5.74, 6) is 0.646. The summed E-state index contributed by atoms with van der Waals surface area (Å²) in [5, 5.41) is 0. The lowest BCUT2D eigenvalue weighted by Gasteiger charge is -2.10. The van der Waals surface area contributed by atoms with Crippen molar-refractivity contribution < 1.29 is 4.74 Å². The van der Waals surface area contributed by atoms with Crippen molar-refractivity contribution in [3.63, 3.8) is 0 Å². The van der Waals surface area contributed by atoms with Crippen LogP contribution in [0, 0.1) is 12.8 Å². The van der Waals surface area contributed by atoms with Crippen LogP contribution in [0.3, 0.4) is 0 Å². The second kappa shape index (κ2) is 5.40. The zero-order valence-corrected chi connectivity index (χ0v) is 10.8. The van der Waals surface area contributed by atoms with Gasteiger partial charge in [0, 0.05) is 5.69 Å². The minimum Gasteiger partial charge on any atom is -0.463 e. The van der Waals surface area contributed by atoms with Crippen molar-refractivity contribution in [1.82, 2.24) is 9.97 Å². The molecule has 0 atom stereocenters. The number of nitrogens with two attached hydrogens (primary N) is 1. The predicted octanol–water partition coefficient (Wildman–Crippen LogP) is 1.99. The fraction of sp³-hybridized carbons (Fsp3) is 0.583. The summed E-state index contributed by atoms with van der Waals surface area (Å²) in [7, 11) is 0. The molecule has 1 aliphatic carbocycles. The number of nitrogens with zero attached hydrogens (tertiary/aromatic N) is 2. The minimum absolute atomic E-state index is 0.279. The van der Waals surface area contributed by atoms with E-state index < -0.39 is 0 Å². The summed E-state index contributed by atoms with van der Waals surface area (Å²) in [4.78, 5) is 8.70. The molecule has 1 saturated carbocycles. The van der Waals surface area contributed by atoms with E-state index in [0.717, 1.165) is 5.69 Å². The minimum atomic E-state index is 0.279. The third-order valence-corrected chi connectivity index (χ3v) is 3.22. The summed E-state index contributed by atoms with van der Waals surface area (Å²) in [6.07, 6.45) is 5.10. The van der Waals surface area contributed by atoms with Crippen LogP contribution in [0.1, 0.15) is 37.1 Å². The van der Waals surface area contributed by atoms with E-state index in [1.807, 2.05) is 6.92 Å². The molecule has 0 saturated heterocycles. The quantitative estimate of drug-likeness (QED) is 0.829. The van der Waals surface area contributed by atoms with Crippen LogP contribution < -0.4 is 10.5 Å². The third-order valence-electron chi connectivity index (χ3n) is 3.01. The van der Waals surface area contributed by atoms with Crippen LogP contribution in [0.4, 0.5) is 0 Å². The molecule has 0 bridgehead atoms. The molecule has 1 aromatic heterocycles. The lowest BCUT2D eigenvalue weighted by Crippen LogP contribution is -2.15. The van der Waals surface area contributed by atoms with Crippen molar-refractivity contribution in [3.8, 4) is 6.01 Å². The van der Waals surface area contributed by atoms with Gasteiger partial charge in [-0.05, 0) is 31.7 Å². The molecule has 1 heterocycles. The molecule has 2 rings (SSSR count). The van der Waals surface area contributed by atoms with E-state index in [4.69, 9.17) is 22.7 Å². The van der Waals surface area contributed by atoms with Gasteiger partial charge in [-0.1, -0.05) is 25.1 Å². The highest BCUT2D eigenvalue weighted by Crippen LogP contribution is 2.25. The SMILES string of the molecule is Cc1cc(C(N)=S)nc(OCC2CCCC2)n1. The maximum absolute atomic E-state index is 5.62. The first kappa shape index (κ1) is 12.2. The second-order valence-corrected chi connectivity index (χ2v) is 4.94. The first-order valence-corrected chi connectivity index (χ1v) is 6.34. The van der Waals surface area contributed by atoms with Gasteiger partial charge in [0.25, 0.3) is 0 Å². The van der Waals surface area contributed by atoms with Gasteiger partial charge < -0.3 is 10.5 Å². The fourth-order valence-electron chi connectivity index (χ4n) is 2.10. The molecule has 0 radical (unpaired) electrons. The average molecular weight is 251 g/mol. The number of thiocarbonyl (C=S) groups is 1. The van der Waals surface area contributed by atoms with E-state index in [0.29, 0.717) is 24.2 Å². The lowest BCUT2D eigenvalue weighted by molar-refractivity contribution is 0.233. The Balaban J connectivity index is 2.01. The molecule has 0 amide bonds. The van der Waals surface area contributed by atoms with Crippen LogP contribution in [0.2, 0.25) is 0 Å². The Labute approximate surface area is 107 Å².